The zero-order valence-corrected chi connectivity index (χ0v) is 19.5. The number of benzene rings is 2. The fourth-order valence-electron chi connectivity index (χ4n) is 3.90. The summed E-state index contributed by atoms with van der Waals surface area (Å²) < 4.78 is 16.8. The smallest absolute Gasteiger partial charge is 0.404 e. The van der Waals surface area contributed by atoms with Crippen LogP contribution in [-0.4, -0.2) is 44.5 Å². The number of nitrogens with zero attached hydrogens (tertiary/aromatic N) is 3. The quantitative estimate of drug-likeness (QED) is 0.227. The molecule has 2 aromatic carbocycles. The molecule has 0 fully saturated rings. The van der Waals surface area contributed by atoms with E-state index >= 15 is 0 Å². The minimum Gasteiger partial charge on any atom is -0.465 e. The fraction of sp³-hybridized carbons (Fsp3) is 0.200. The Balaban J connectivity index is 1.64. The first-order chi connectivity index (χ1) is 17.3. The van der Waals surface area contributed by atoms with E-state index in [1.54, 1.807) is 12.3 Å². The van der Waals surface area contributed by atoms with Gasteiger partial charge in [0.05, 0.1) is 17.3 Å². The van der Waals surface area contributed by atoms with Crippen LogP contribution in [0.1, 0.15) is 22.8 Å². The number of nitrogens with two attached hydrogens (primary N) is 1. The van der Waals surface area contributed by atoms with Crippen LogP contribution >= 0.6 is 0 Å². The number of pyridine rings is 1. The molecule has 0 aliphatic heterocycles. The number of rotatable bonds is 10. The molecule has 0 aliphatic rings. The molecule has 2 aromatic heterocycles. The van der Waals surface area contributed by atoms with Gasteiger partial charge in [-0.2, -0.15) is 5.10 Å². The number of halogens is 1. The molecule has 0 saturated heterocycles. The highest BCUT2D eigenvalue weighted by Gasteiger charge is 2.20. The SMILES string of the molecule is CCn1ncc2cc(Nc3nc(NC(CNC(=O)O)Cc4ccccc4)c(F)cc3C(N)=O)ccc21. The average Bonchev–Trinajstić information content (AvgIpc) is 3.27. The maximum atomic E-state index is 15.0. The number of amides is 2. The number of anilines is 3. The molecule has 0 aliphatic carbocycles. The highest BCUT2D eigenvalue weighted by molar-refractivity contribution is 5.99. The van der Waals surface area contributed by atoms with Gasteiger partial charge in [0.1, 0.15) is 5.82 Å². The van der Waals surface area contributed by atoms with Crippen molar-refractivity contribution in [3.05, 3.63) is 77.7 Å². The maximum Gasteiger partial charge on any atom is 0.404 e. The van der Waals surface area contributed by atoms with Crippen LogP contribution in [0.5, 0.6) is 0 Å². The molecule has 1 unspecified atom stereocenters. The number of aryl methyl sites for hydroxylation is 1. The minimum atomic E-state index is -1.20. The second kappa shape index (κ2) is 10.7. The van der Waals surface area contributed by atoms with Crippen LogP contribution in [0.4, 0.5) is 26.5 Å². The highest BCUT2D eigenvalue weighted by Crippen LogP contribution is 2.26. The Hall–Kier alpha value is -4.67. The van der Waals surface area contributed by atoms with E-state index in [9.17, 15) is 14.0 Å². The van der Waals surface area contributed by atoms with Crippen LogP contribution < -0.4 is 21.7 Å². The molecule has 0 spiro atoms. The summed E-state index contributed by atoms with van der Waals surface area (Å²) in [6.45, 7) is 2.72. The molecule has 0 saturated carbocycles. The molecule has 0 radical (unpaired) electrons. The van der Waals surface area contributed by atoms with Crippen LogP contribution in [0, 0.1) is 5.82 Å². The Bertz CT molecular complexity index is 1390. The van der Waals surface area contributed by atoms with E-state index in [0.717, 1.165) is 29.1 Å². The van der Waals surface area contributed by atoms with Gasteiger partial charge in [-0.3, -0.25) is 9.48 Å². The number of carbonyl (C=O) groups excluding carboxylic acids is 1. The first kappa shape index (κ1) is 24.5. The van der Waals surface area contributed by atoms with Gasteiger partial charge in [-0.05, 0) is 43.2 Å². The average molecular weight is 492 g/mol. The van der Waals surface area contributed by atoms with Gasteiger partial charge in [-0.25, -0.2) is 14.2 Å². The van der Waals surface area contributed by atoms with E-state index < -0.39 is 23.9 Å². The van der Waals surface area contributed by atoms with Gasteiger partial charge in [0.2, 0.25) is 0 Å². The molecule has 10 nitrogen and oxygen atoms in total. The minimum absolute atomic E-state index is 0.00374. The normalized spacial score (nSPS) is 11.7. The molecule has 11 heteroatoms. The van der Waals surface area contributed by atoms with E-state index in [1.807, 2.05) is 54.1 Å². The summed E-state index contributed by atoms with van der Waals surface area (Å²) in [4.78, 5) is 27.4. The van der Waals surface area contributed by atoms with Gasteiger partial charge in [0.25, 0.3) is 5.91 Å². The van der Waals surface area contributed by atoms with Crippen molar-refractivity contribution in [2.45, 2.75) is 25.9 Å². The molecule has 36 heavy (non-hydrogen) atoms. The predicted octanol–water partition coefficient (Wildman–Crippen LogP) is 3.72. The number of carboxylic acid groups (broad SMARTS) is 1. The fourth-order valence-corrected chi connectivity index (χ4v) is 3.90. The van der Waals surface area contributed by atoms with Crippen molar-refractivity contribution in [1.29, 1.82) is 0 Å². The van der Waals surface area contributed by atoms with E-state index in [4.69, 9.17) is 10.8 Å². The summed E-state index contributed by atoms with van der Waals surface area (Å²) in [6.07, 6.45) is 0.936. The molecular weight excluding hydrogens is 465 g/mol. The van der Waals surface area contributed by atoms with Crippen molar-refractivity contribution in [3.63, 3.8) is 0 Å². The zero-order valence-electron chi connectivity index (χ0n) is 19.5. The van der Waals surface area contributed by atoms with Gasteiger partial charge in [-0.1, -0.05) is 30.3 Å². The Kier molecular flexibility index (Phi) is 7.28. The third kappa shape index (κ3) is 5.69. The molecule has 6 N–H and O–H groups in total. The van der Waals surface area contributed by atoms with Gasteiger partial charge in [0, 0.05) is 30.2 Å². The van der Waals surface area contributed by atoms with E-state index in [2.05, 4.69) is 26.0 Å². The maximum absolute atomic E-state index is 15.0. The zero-order chi connectivity index (χ0) is 25.7. The van der Waals surface area contributed by atoms with Gasteiger partial charge >= 0.3 is 6.09 Å². The van der Waals surface area contributed by atoms with E-state index in [0.29, 0.717) is 12.1 Å². The molecule has 186 valence electrons. The molecule has 1 atom stereocenters. The summed E-state index contributed by atoms with van der Waals surface area (Å²) in [5.74, 6) is -1.71. The predicted molar refractivity (Wildman–Crippen MR) is 135 cm³/mol. The molecule has 4 rings (SSSR count). The van der Waals surface area contributed by atoms with Gasteiger partial charge in [-0.15, -0.1) is 0 Å². The van der Waals surface area contributed by atoms with Crippen molar-refractivity contribution in [2.75, 3.05) is 17.2 Å². The molecular formula is C25H26FN7O3. The third-order valence-corrected chi connectivity index (χ3v) is 5.61. The number of fused-ring (bicyclic) bond motifs is 1. The Morgan fingerprint density at radius 3 is 2.61 bits per heavy atom. The summed E-state index contributed by atoms with van der Waals surface area (Å²) in [5.41, 5.74) is 7.85. The van der Waals surface area contributed by atoms with Crippen molar-refractivity contribution in [3.8, 4) is 0 Å². The Morgan fingerprint density at radius 1 is 1.14 bits per heavy atom. The topological polar surface area (TPSA) is 147 Å². The number of hydrogen-bond acceptors (Lipinski definition) is 6. The first-order valence-electron chi connectivity index (χ1n) is 11.3. The Labute approximate surface area is 206 Å². The van der Waals surface area contributed by atoms with Crippen LogP contribution in [-0.2, 0) is 13.0 Å². The summed E-state index contributed by atoms with van der Waals surface area (Å²) >= 11 is 0. The van der Waals surface area contributed by atoms with Crippen LogP contribution in [0.3, 0.4) is 0 Å². The van der Waals surface area contributed by atoms with Crippen molar-refractivity contribution in [1.82, 2.24) is 20.1 Å². The molecule has 0 bridgehead atoms. The lowest BCUT2D eigenvalue weighted by Gasteiger charge is -2.21. The standard InChI is InChI=1S/C25H26FN7O3/c1-2-33-21-9-8-17(11-16(21)13-29-33)30-23-19(22(27)34)12-20(26)24(32-23)31-18(14-28-25(35)36)10-15-6-4-3-5-7-15/h3-9,11-13,18,28H,2,10,14H2,1H3,(H2,27,34)(H,35,36)(H2,30,31,32). The van der Waals surface area contributed by atoms with Gasteiger partial charge in [0.15, 0.2) is 11.6 Å². The summed E-state index contributed by atoms with van der Waals surface area (Å²) in [6, 6.07) is 15.4. The number of aromatic nitrogens is 3. The lowest BCUT2D eigenvalue weighted by atomic mass is 10.1. The Morgan fingerprint density at radius 2 is 1.92 bits per heavy atom. The summed E-state index contributed by atoms with van der Waals surface area (Å²) in [7, 11) is 0. The summed E-state index contributed by atoms with van der Waals surface area (Å²) in [5, 5.41) is 22.6. The lowest BCUT2D eigenvalue weighted by molar-refractivity contribution is 0.100. The highest BCUT2D eigenvalue weighted by atomic mass is 19.1. The van der Waals surface area contributed by atoms with Crippen LogP contribution in [0.2, 0.25) is 0 Å². The lowest BCUT2D eigenvalue weighted by Crippen LogP contribution is -2.37. The molecule has 2 amide bonds. The molecule has 2 heterocycles. The van der Waals surface area contributed by atoms with E-state index in [-0.39, 0.29) is 23.7 Å². The second-order valence-electron chi connectivity index (χ2n) is 8.16. The second-order valence-corrected chi connectivity index (χ2v) is 8.16. The van der Waals surface area contributed by atoms with Crippen molar-refractivity contribution >= 4 is 40.2 Å². The number of hydrogen-bond donors (Lipinski definition) is 5. The monoisotopic (exact) mass is 491 g/mol. The van der Waals surface area contributed by atoms with Crippen LogP contribution in [0.15, 0.2) is 60.8 Å². The first-order valence-corrected chi connectivity index (χ1v) is 11.3. The largest absolute Gasteiger partial charge is 0.465 e. The number of nitrogens with one attached hydrogen (secondary N) is 3. The van der Waals surface area contributed by atoms with Crippen molar-refractivity contribution in [2.24, 2.45) is 5.73 Å². The third-order valence-electron chi connectivity index (χ3n) is 5.61. The van der Waals surface area contributed by atoms with Gasteiger partial charge < -0.3 is 26.8 Å². The van der Waals surface area contributed by atoms with E-state index in [1.165, 1.54) is 0 Å². The van der Waals surface area contributed by atoms with Crippen LogP contribution in [0.25, 0.3) is 10.9 Å². The number of primary amides is 1. The molecule has 4 aromatic rings. The number of carbonyl (C=O) groups is 2. The van der Waals surface area contributed by atoms with Crippen molar-refractivity contribution < 1.29 is 19.1 Å².